The fourth-order valence-electron chi connectivity index (χ4n) is 2.82. The van der Waals surface area contributed by atoms with E-state index in [2.05, 4.69) is 20.5 Å². The fraction of sp³-hybridized carbons (Fsp3) is 0.529. The van der Waals surface area contributed by atoms with E-state index in [-0.39, 0.29) is 36.6 Å². The van der Waals surface area contributed by atoms with E-state index in [1.165, 1.54) is 0 Å². The van der Waals surface area contributed by atoms with E-state index in [1.54, 1.807) is 7.05 Å². The third kappa shape index (κ3) is 7.90. The van der Waals surface area contributed by atoms with Gasteiger partial charge in [0, 0.05) is 43.9 Å². The van der Waals surface area contributed by atoms with Crippen LogP contribution < -0.4 is 15.5 Å². The monoisotopic (exact) mass is 533 g/mol. The molecule has 0 radical (unpaired) electrons. The van der Waals surface area contributed by atoms with Gasteiger partial charge >= 0.3 is 6.18 Å². The molecule has 158 valence electrons. The standard InChI is InChI=1S/C17H23ClF3N5O.HI/c1-22-16(23-9-15(27)25(2)11-17(19,20)21)24-13-6-7-26(10-13)14-5-3-4-12(18)8-14;/h3-5,8,13H,6-7,9-11H2,1-2H3,(H2,22,23,24);1H. The number of halogens is 5. The van der Waals surface area contributed by atoms with Crippen LogP contribution in [-0.2, 0) is 4.79 Å². The molecular weight excluding hydrogens is 510 g/mol. The summed E-state index contributed by atoms with van der Waals surface area (Å²) < 4.78 is 37.0. The number of hydrogen-bond acceptors (Lipinski definition) is 3. The molecule has 2 rings (SSSR count). The molecule has 11 heteroatoms. The van der Waals surface area contributed by atoms with Gasteiger partial charge in [-0.25, -0.2) is 0 Å². The number of rotatable bonds is 5. The lowest BCUT2D eigenvalue weighted by Gasteiger charge is -2.22. The lowest BCUT2D eigenvalue weighted by Crippen LogP contribution is -2.48. The average molecular weight is 534 g/mol. The number of likely N-dealkylation sites (N-methyl/N-ethyl adjacent to an activating group) is 1. The van der Waals surface area contributed by atoms with Crippen molar-refractivity contribution in [3.05, 3.63) is 29.3 Å². The Bertz CT molecular complexity index is 689. The minimum atomic E-state index is -4.42. The summed E-state index contributed by atoms with van der Waals surface area (Å²) in [6, 6.07) is 7.68. The van der Waals surface area contributed by atoms with Crippen LogP contribution in [0.4, 0.5) is 18.9 Å². The van der Waals surface area contributed by atoms with Crippen molar-refractivity contribution < 1.29 is 18.0 Å². The van der Waals surface area contributed by atoms with Crippen LogP contribution in [0.15, 0.2) is 29.3 Å². The maximum absolute atomic E-state index is 12.3. The number of benzene rings is 1. The van der Waals surface area contributed by atoms with Crippen molar-refractivity contribution in [3.8, 4) is 0 Å². The van der Waals surface area contributed by atoms with Crippen molar-refractivity contribution in [2.45, 2.75) is 18.6 Å². The summed E-state index contributed by atoms with van der Waals surface area (Å²) >= 11 is 6.03. The molecule has 28 heavy (non-hydrogen) atoms. The second-order valence-corrected chi connectivity index (χ2v) is 6.78. The maximum Gasteiger partial charge on any atom is 0.406 e. The van der Waals surface area contributed by atoms with Gasteiger partial charge in [0.25, 0.3) is 0 Å². The second-order valence-electron chi connectivity index (χ2n) is 6.35. The molecule has 1 aromatic carbocycles. The summed E-state index contributed by atoms with van der Waals surface area (Å²) in [6.45, 7) is 0.0129. The Balaban J connectivity index is 0.00000392. The number of alkyl halides is 3. The molecule has 0 aliphatic carbocycles. The number of carbonyl (C=O) groups is 1. The first-order chi connectivity index (χ1) is 12.7. The van der Waals surface area contributed by atoms with Crippen molar-refractivity contribution in [1.82, 2.24) is 15.5 Å². The summed E-state index contributed by atoms with van der Waals surface area (Å²) in [6.07, 6.45) is -3.56. The van der Waals surface area contributed by atoms with Gasteiger partial charge in [-0.1, -0.05) is 17.7 Å². The Morgan fingerprint density at radius 3 is 2.75 bits per heavy atom. The summed E-state index contributed by atoms with van der Waals surface area (Å²) in [5.41, 5.74) is 1.03. The number of amides is 1. The molecule has 1 aromatic rings. The summed E-state index contributed by atoms with van der Waals surface area (Å²) in [5, 5.41) is 6.63. The van der Waals surface area contributed by atoms with Gasteiger partial charge in [-0.15, -0.1) is 24.0 Å². The minimum Gasteiger partial charge on any atom is -0.369 e. The molecule has 1 aliphatic heterocycles. The highest BCUT2D eigenvalue weighted by Gasteiger charge is 2.31. The van der Waals surface area contributed by atoms with Gasteiger partial charge in [0.05, 0.1) is 6.54 Å². The lowest BCUT2D eigenvalue weighted by atomic mass is 10.3. The van der Waals surface area contributed by atoms with E-state index >= 15 is 0 Å². The number of guanidine groups is 1. The molecule has 1 saturated heterocycles. The Morgan fingerprint density at radius 2 is 2.14 bits per heavy atom. The second kappa shape index (κ2) is 10.9. The summed E-state index contributed by atoms with van der Waals surface area (Å²) in [5.74, 6) is -0.288. The number of nitrogens with one attached hydrogen (secondary N) is 2. The van der Waals surface area contributed by atoms with Crippen LogP contribution in [0, 0.1) is 0 Å². The van der Waals surface area contributed by atoms with Gasteiger partial charge in [-0.05, 0) is 24.6 Å². The molecule has 1 amide bonds. The van der Waals surface area contributed by atoms with E-state index in [9.17, 15) is 18.0 Å². The number of aliphatic imine (C=N–C) groups is 1. The summed E-state index contributed by atoms with van der Waals surface area (Å²) in [4.78, 5) is 18.7. The molecule has 1 aliphatic rings. The Hall–Kier alpha value is -1.43. The van der Waals surface area contributed by atoms with Crippen LogP contribution in [0.1, 0.15) is 6.42 Å². The van der Waals surface area contributed by atoms with Gasteiger partial charge < -0.3 is 20.4 Å². The zero-order chi connectivity index (χ0) is 20.0. The maximum atomic E-state index is 12.3. The quantitative estimate of drug-likeness (QED) is 0.347. The largest absolute Gasteiger partial charge is 0.406 e. The molecule has 6 nitrogen and oxygen atoms in total. The van der Waals surface area contributed by atoms with Crippen molar-refractivity contribution in [3.63, 3.8) is 0 Å². The number of hydrogen-bond donors (Lipinski definition) is 2. The summed E-state index contributed by atoms with van der Waals surface area (Å²) in [7, 11) is 2.66. The first-order valence-electron chi connectivity index (χ1n) is 8.46. The zero-order valence-corrected chi connectivity index (χ0v) is 18.7. The van der Waals surface area contributed by atoms with Crippen LogP contribution in [0.5, 0.6) is 0 Å². The molecule has 2 N–H and O–H groups in total. The molecule has 0 spiro atoms. The van der Waals surface area contributed by atoms with Crippen LogP contribution in [0.2, 0.25) is 5.02 Å². The number of carbonyl (C=O) groups excluding carboxylic acids is 1. The van der Waals surface area contributed by atoms with E-state index in [0.29, 0.717) is 15.9 Å². The smallest absolute Gasteiger partial charge is 0.369 e. The molecule has 0 aromatic heterocycles. The van der Waals surface area contributed by atoms with E-state index in [1.807, 2.05) is 24.3 Å². The number of anilines is 1. The molecular formula is C17H24ClF3IN5O. The van der Waals surface area contributed by atoms with E-state index in [4.69, 9.17) is 11.6 Å². The highest BCUT2D eigenvalue weighted by molar-refractivity contribution is 14.0. The Morgan fingerprint density at radius 1 is 1.43 bits per heavy atom. The van der Waals surface area contributed by atoms with Gasteiger partial charge in [0.15, 0.2) is 5.96 Å². The minimum absolute atomic E-state index is 0. The van der Waals surface area contributed by atoms with Crippen molar-refractivity contribution in [2.75, 3.05) is 45.2 Å². The van der Waals surface area contributed by atoms with Crippen molar-refractivity contribution in [2.24, 2.45) is 4.99 Å². The SMILES string of the molecule is CN=C(NCC(=O)N(C)CC(F)(F)F)NC1CCN(c2cccc(Cl)c2)C1.I. The Kier molecular flexibility index (Phi) is 9.61. The zero-order valence-electron chi connectivity index (χ0n) is 15.6. The predicted octanol–water partition coefficient (Wildman–Crippen LogP) is 2.72. The Labute approximate surface area is 184 Å². The molecule has 0 saturated carbocycles. The van der Waals surface area contributed by atoms with Crippen molar-refractivity contribution >= 4 is 53.1 Å². The fourth-order valence-corrected chi connectivity index (χ4v) is 3.01. The molecule has 1 fully saturated rings. The van der Waals surface area contributed by atoms with E-state index in [0.717, 1.165) is 32.2 Å². The first kappa shape index (κ1) is 24.6. The van der Waals surface area contributed by atoms with Crippen molar-refractivity contribution in [1.29, 1.82) is 0 Å². The first-order valence-corrected chi connectivity index (χ1v) is 8.84. The van der Waals surface area contributed by atoms with Crippen LogP contribution in [-0.4, -0.2) is 69.3 Å². The molecule has 1 unspecified atom stereocenters. The van der Waals surface area contributed by atoms with Gasteiger partial charge in [0.1, 0.15) is 6.54 Å². The number of nitrogens with zero attached hydrogens (tertiary/aromatic N) is 3. The molecule has 1 heterocycles. The average Bonchev–Trinajstić information content (AvgIpc) is 3.05. The highest BCUT2D eigenvalue weighted by Crippen LogP contribution is 2.23. The lowest BCUT2D eigenvalue weighted by molar-refractivity contribution is -0.157. The normalized spacial score (nSPS) is 17.1. The predicted molar refractivity (Wildman–Crippen MR) is 116 cm³/mol. The van der Waals surface area contributed by atoms with Gasteiger partial charge in [-0.2, -0.15) is 13.2 Å². The molecule has 1 atom stereocenters. The van der Waals surface area contributed by atoms with Crippen LogP contribution >= 0.6 is 35.6 Å². The topological polar surface area (TPSA) is 60.0 Å². The third-order valence-electron chi connectivity index (χ3n) is 4.18. The van der Waals surface area contributed by atoms with Crippen LogP contribution in [0.3, 0.4) is 0 Å². The van der Waals surface area contributed by atoms with Crippen LogP contribution in [0.25, 0.3) is 0 Å². The van der Waals surface area contributed by atoms with E-state index < -0.39 is 18.6 Å². The highest BCUT2D eigenvalue weighted by atomic mass is 127. The third-order valence-corrected chi connectivity index (χ3v) is 4.41. The van der Waals surface area contributed by atoms with Gasteiger partial charge in [-0.3, -0.25) is 9.79 Å². The molecule has 0 bridgehead atoms. The van der Waals surface area contributed by atoms with Gasteiger partial charge in [0.2, 0.25) is 5.91 Å².